The summed E-state index contributed by atoms with van der Waals surface area (Å²) < 4.78 is 1.60. The molecule has 0 aliphatic carbocycles. The van der Waals surface area contributed by atoms with E-state index in [4.69, 9.17) is 0 Å². The molecule has 102 valence electrons. The minimum Gasteiger partial charge on any atom is -0.328 e. The van der Waals surface area contributed by atoms with Crippen LogP contribution in [0.25, 0.3) is 0 Å². The van der Waals surface area contributed by atoms with Crippen LogP contribution in [-0.2, 0) is 11.8 Å². The Morgan fingerprint density at radius 3 is 2.16 bits per heavy atom. The molecule has 0 saturated carbocycles. The smallest absolute Gasteiger partial charge is 0.295 e. The summed E-state index contributed by atoms with van der Waals surface area (Å²) in [7, 11) is 1.74. The number of aromatic nitrogens is 2. The summed E-state index contributed by atoms with van der Waals surface area (Å²) in [5, 5.41) is 4.15. The summed E-state index contributed by atoms with van der Waals surface area (Å²) in [5.74, 6) is -1.09. The summed E-state index contributed by atoms with van der Waals surface area (Å²) in [6, 6.07) is 0. The largest absolute Gasteiger partial charge is 0.328 e. The number of aryl methyl sites for hydroxylation is 2. The van der Waals surface area contributed by atoms with Gasteiger partial charge in [0.1, 0.15) is 0 Å². The fourth-order valence-corrected chi connectivity index (χ4v) is 1.90. The van der Waals surface area contributed by atoms with Crippen molar-refractivity contribution < 1.29 is 9.59 Å². The van der Waals surface area contributed by atoms with E-state index in [0.29, 0.717) is 30.0 Å². The normalized spacial score (nSPS) is 10.1. The van der Waals surface area contributed by atoms with Gasteiger partial charge in [-0.3, -0.25) is 14.3 Å². The van der Waals surface area contributed by atoms with Gasteiger partial charge in [0.25, 0.3) is 11.7 Å². The monoisotopic (exact) mass is 261 g/mol. The van der Waals surface area contributed by atoms with Crippen LogP contribution in [0, 0.1) is 13.8 Å². The molecule has 0 bridgehead atoms. The summed E-state index contributed by atoms with van der Waals surface area (Å²) in [5.41, 5.74) is 1.63. The lowest BCUT2D eigenvalue weighted by molar-refractivity contribution is -0.125. The van der Waals surface area contributed by atoms with Crippen molar-refractivity contribution in [2.75, 3.05) is 13.1 Å². The van der Waals surface area contributed by atoms with Crippen molar-refractivity contribution in [3.8, 4) is 0 Å². The predicted molar refractivity (Wildman–Crippen MR) is 74.0 cm³/mol. The molecule has 0 fully saturated rings. The van der Waals surface area contributed by atoms with E-state index in [-0.39, 0.29) is 0 Å². The molecule has 1 amide bonds. The van der Waals surface area contributed by atoms with Crippen molar-refractivity contribution in [2.45, 2.75) is 13.8 Å². The number of Topliss-reactive ketones (excluding diaryl/α,β-unsaturated/α-hetero) is 1. The molecule has 0 unspecified atom stereocenters. The molecule has 0 radical (unpaired) electrons. The second-order valence-electron chi connectivity index (χ2n) is 4.29. The Bertz CT molecular complexity index is 519. The Morgan fingerprint density at radius 1 is 1.26 bits per heavy atom. The van der Waals surface area contributed by atoms with Gasteiger partial charge in [0, 0.05) is 25.8 Å². The molecule has 0 N–H and O–H groups in total. The van der Waals surface area contributed by atoms with Crippen LogP contribution in [0.15, 0.2) is 25.3 Å². The Labute approximate surface area is 113 Å². The number of hydrogen-bond acceptors (Lipinski definition) is 3. The lowest BCUT2D eigenvalue weighted by Gasteiger charge is -2.18. The Hall–Kier alpha value is -2.17. The van der Waals surface area contributed by atoms with Gasteiger partial charge in [-0.15, -0.1) is 13.2 Å². The molecule has 0 aliphatic heterocycles. The second-order valence-corrected chi connectivity index (χ2v) is 4.29. The topological polar surface area (TPSA) is 55.2 Å². The minimum absolute atomic E-state index is 0.314. The molecular formula is C14H19N3O2. The second kappa shape index (κ2) is 6.13. The molecule has 1 rings (SSSR count). The van der Waals surface area contributed by atoms with Crippen LogP contribution < -0.4 is 0 Å². The van der Waals surface area contributed by atoms with Gasteiger partial charge in [-0.1, -0.05) is 12.2 Å². The van der Waals surface area contributed by atoms with E-state index < -0.39 is 11.7 Å². The maximum atomic E-state index is 12.3. The quantitative estimate of drug-likeness (QED) is 0.442. The van der Waals surface area contributed by atoms with Crippen LogP contribution in [-0.4, -0.2) is 39.5 Å². The number of nitrogens with zero attached hydrogens (tertiary/aromatic N) is 3. The number of hydrogen-bond donors (Lipinski definition) is 0. The van der Waals surface area contributed by atoms with E-state index in [1.807, 2.05) is 0 Å². The van der Waals surface area contributed by atoms with Crippen LogP contribution in [0.4, 0.5) is 0 Å². The molecule has 1 aromatic rings. The zero-order valence-corrected chi connectivity index (χ0v) is 11.6. The Kier molecular flexibility index (Phi) is 4.80. The van der Waals surface area contributed by atoms with Crippen LogP contribution in [0.3, 0.4) is 0 Å². The molecule has 19 heavy (non-hydrogen) atoms. The molecule has 1 heterocycles. The molecule has 5 nitrogen and oxygen atoms in total. The van der Waals surface area contributed by atoms with Crippen molar-refractivity contribution in [2.24, 2.45) is 7.05 Å². The van der Waals surface area contributed by atoms with E-state index in [0.717, 1.165) is 0 Å². The fraction of sp³-hybridized carbons (Fsp3) is 0.357. The first-order valence-electron chi connectivity index (χ1n) is 5.99. The van der Waals surface area contributed by atoms with Gasteiger partial charge in [0.15, 0.2) is 0 Å². The highest BCUT2D eigenvalue weighted by Crippen LogP contribution is 2.14. The third-order valence-electron chi connectivity index (χ3n) is 2.92. The van der Waals surface area contributed by atoms with Gasteiger partial charge in [-0.05, 0) is 13.8 Å². The number of carbonyl (C=O) groups is 2. The van der Waals surface area contributed by atoms with Gasteiger partial charge >= 0.3 is 0 Å². The van der Waals surface area contributed by atoms with Crippen molar-refractivity contribution in [3.05, 3.63) is 42.3 Å². The molecule has 1 aromatic heterocycles. The van der Waals surface area contributed by atoms with E-state index in [1.54, 1.807) is 37.7 Å². The van der Waals surface area contributed by atoms with Crippen molar-refractivity contribution in [1.29, 1.82) is 0 Å². The number of amides is 1. The first kappa shape index (κ1) is 14.9. The molecule has 0 spiro atoms. The van der Waals surface area contributed by atoms with Gasteiger partial charge in [0.2, 0.25) is 0 Å². The summed E-state index contributed by atoms with van der Waals surface area (Å²) in [6.45, 7) is 11.3. The van der Waals surface area contributed by atoms with Crippen molar-refractivity contribution >= 4 is 11.7 Å². The average Bonchev–Trinajstić information content (AvgIpc) is 2.61. The molecule has 0 atom stereocenters. The number of rotatable bonds is 6. The van der Waals surface area contributed by atoms with E-state index in [1.165, 1.54) is 4.90 Å². The summed E-state index contributed by atoms with van der Waals surface area (Å²) in [6.07, 6.45) is 3.16. The van der Waals surface area contributed by atoms with Gasteiger partial charge in [-0.2, -0.15) is 5.10 Å². The first-order valence-corrected chi connectivity index (χ1v) is 5.99. The first-order chi connectivity index (χ1) is 8.93. The zero-order chi connectivity index (χ0) is 14.6. The van der Waals surface area contributed by atoms with Crippen LogP contribution in [0.1, 0.15) is 21.7 Å². The van der Waals surface area contributed by atoms with Gasteiger partial charge < -0.3 is 4.90 Å². The zero-order valence-electron chi connectivity index (χ0n) is 11.6. The molecule has 0 aromatic carbocycles. The molecule has 0 aliphatic rings. The lowest BCUT2D eigenvalue weighted by Crippen LogP contribution is -2.37. The van der Waals surface area contributed by atoms with E-state index >= 15 is 0 Å². The van der Waals surface area contributed by atoms with Crippen molar-refractivity contribution in [1.82, 2.24) is 14.7 Å². The fourth-order valence-electron chi connectivity index (χ4n) is 1.90. The lowest BCUT2D eigenvalue weighted by atomic mass is 10.1. The average molecular weight is 261 g/mol. The van der Waals surface area contributed by atoms with E-state index in [2.05, 4.69) is 18.3 Å². The predicted octanol–water partition coefficient (Wildman–Crippen LogP) is 1.42. The Balaban J connectivity index is 3.07. The van der Waals surface area contributed by atoms with Gasteiger partial charge in [-0.25, -0.2) is 0 Å². The molecular weight excluding hydrogens is 242 g/mol. The van der Waals surface area contributed by atoms with Crippen LogP contribution >= 0.6 is 0 Å². The maximum Gasteiger partial charge on any atom is 0.295 e. The molecule has 5 heteroatoms. The SMILES string of the molecule is C=CCN(CC=C)C(=O)C(=O)c1c(C)nn(C)c1C. The third-order valence-corrected chi connectivity index (χ3v) is 2.92. The highest BCUT2D eigenvalue weighted by atomic mass is 16.2. The highest BCUT2D eigenvalue weighted by Gasteiger charge is 2.27. The number of ketones is 1. The standard InChI is InChI=1S/C14H19N3O2/c1-6-8-17(9-7-2)14(19)13(18)12-10(3)15-16(5)11(12)4/h6-7H,1-2,8-9H2,3-5H3. The van der Waals surface area contributed by atoms with E-state index in [9.17, 15) is 9.59 Å². The number of carbonyl (C=O) groups excluding carboxylic acids is 2. The summed E-state index contributed by atoms with van der Waals surface area (Å²) in [4.78, 5) is 25.9. The van der Waals surface area contributed by atoms with Crippen LogP contribution in [0.5, 0.6) is 0 Å². The summed E-state index contributed by atoms with van der Waals surface area (Å²) >= 11 is 0. The highest BCUT2D eigenvalue weighted by molar-refractivity contribution is 6.43. The minimum atomic E-state index is -0.556. The van der Waals surface area contributed by atoms with Crippen molar-refractivity contribution in [3.63, 3.8) is 0 Å². The van der Waals surface area contributed by atoms with Crippen LogP contribution in [0.2, 0.25) is 0 Å². The third kappa shape index (κ3) is 2.99. The molecule has 0 saturated heterocycles. The van der Waals surface area contributed by atoms with Gasteiger partial charge in [0.05, 0.1) is 11.3 Å². The Morgan fingerprint density at radius 2 is 1.79 bits per heavy atom. The maximum absolute atomic E-state index is 12.3.